The van der Waals surface area contributed by atoms with E-state index in [4.69, 9.17) is 9.47 Å². The molecule has 2 aliphatic rings. The van der Waals surface area contributed by atoms with E-state index < -0.39 is 0 Å². The Labute approximate surface area is 234 Å². The Morgan fingerprint density at radius 2 is 1.39 bits per heavy atom. The highest BCUT2D eigenvalue weighted by Crippen LogP contribution is 2.38. The molecule has 2 fully saturated rings. The highest BCUT2D eigenvalue weighted by molar-refractivity contribution is 9.10. The van der Waals surface area contributed by atoms with Gasteiger partial charge in [-0.15, -0.1) is 22.7 Å². The van der Waals surface area contributed by atoms with Crippen LogP contribution in [0.4, 0.5) is 11.6 Å². The third-order valence-corrected chi connectivity index (χ3v) is 9.49. The predicted octanol–water partition coefficient (Wildman–Crippen LogP) is 6.22. The Morgan fingerprint density at radius 3 is 1.94 bits per heavy atom. The van der Waals surface area contributed by atoms with Crippen LogP contribution in [-0.2, 0) is 9.47 Å². The molecule has 4 aromatic rings. The summed E-state index contributed by atoms with van der Waals surface area (Å²) in [5.74, 6) is 2.05. The summed E-state index contributed by atoms with van der Waals surface area (Å²) in [5.41, 5.74) is 2.36. The molecule has 6 heterocycles. The van der Waals surface area contributed by atoms with E-state index in [2.05, 4.69) is 70.0 Å². The van der Waals surface area contributed by atoms with Crippen LogP contribution in [0, 0.1) is 13.8 Å². The summed E-state index contributed by atoms with van der Waals surface area (Å²) >= 11 is 10.3. The number of thiophene rings is 2. The molecular weight excluding hydrogens is 628 g/mol. The molecule has 2 aliphatic heterocycles. The van der Waals surface area contributed by atoms with Crippen LogP contribution >= 0.6 is 54.5 Å². The molecule has 0 saturated carbocycles. The van der Waals surface area contributed by atoms with E-state index in [1.807, 2.05) is 13.0 Å². The first kappa shape index (κ1) is 26.0. The van der Waals surface area contributed by atoms with E-state index in [1.54, 1.807) is 11.3 Å². The van der Waals surface area contributed by atoms with Gasteiger partial charge >= 0.3 is 0 Å². The number of carbonyl (C=O) groups excluding carboxylic acids is 1. The van der Waals surface area contributed by atoms with Crippen molar-refractivity contribution < 1.29 is 14.3 Å². The monoisotopic (exact) mass is 652 g/mol. The minimum Gasteiger partial charge on any atom is -0.378 e. The topological polar surface area (TPSA) is 67.8 Å². The lowest BCUT2D eigenvalue weighted by atomic mass is 10.2. The number of halogens is 2. The maximum atomic E-state index is 11.1. The van der Waals surface area contributed by atoms with E-state index in [0.29, 0.717) is 0 Å². The van der Waals surface area contributed by atoms with Gasteiger partial charge in [0.2, 0.25) is 0 Å². The standard InChI is InChI=1S/C13H13BrN2O2S.C12H13BrN2OS/c1-8-9-6-11(14)15-13(12(9)19-10(8)7-17)16-2-4-18-5-3-16;1-8-7-17-11-9(8)6-10(13)14-12(11)15-2-4-16-5-3-15/h6-7H,2-5H2,1H3;6-7H,2-5H2,1H3. The Hall–Kier alpha value is -1.63. The van der Waals surface area contributed by atoms with Crippen molar-refractivity contribution in [1.29, 1.82) is 0 Å². The van der Waals surface area contributed by atoms with Gasteiger partial charge in [-0.05, 0) is 74.3 Å². The van der Waals surface area contributed by atoms with Gasteiger partial charge in [0, 0.05) is 37.0 Å². The molecule has 4 aromatic heterocycles. The highest BCUT2D eigenvalue weighted by Gasteiger charge is 2.20. The molecule has 0 N–H and O–H groups in total. The number of aldehydes is 1. The van der Waals surface area contributed by atoms with Crippen molar-refractivity contribution in [3.63, 3.8) is 0 Å². The number of morpholine rings is 2. The molecule has 11 heteroatoms. The number of anilines is 2. The average molecular weight is 654 g/mol. The molecule has 0 atom stereocenters. The van der Waals surface area contributed by atoms with E-state index in [-0.39, 0.29) is 0 Å². The Morgan fingerprint density at radius 1 is 0.861 bits per heavy atom. The van der Waals surface area contributed by atoms with Gasteiger partial charge < -0.3 is 19.3 Å². The average Bonchev–Trinajstić information content (AvgIpc) is 3.43. The van der Waals surface area contributed by atoms with Crippen LogP contribution in [0.15, 0.2) is 26.7 Å². The maximum absolute atomic E-state index is 11.1. The number of pyridine rings is 2. The van der Waals surface area contributed by atoms with Crippen LogP contribution in [0.5, 0.6) is 0 Å². The zero-order valence-corrected chi connectivity index (χ0v) is 24.9. The second kappa shape index (κ2) is 11.4. The lowest BCUT2D eigenvalue weighted by Gasteiger charge is -2.28. The number of aryl methyl sites for hydroxylation is 2. The number of rotatable bonds is 3. The van der Waals surface area contributed by atoms with Crippen LogP contribution in [0.3, 0.4) is 0 Å². The van der Waals surface area contributed by atoms with Gasteiger partial charge in [-0.1, -0.05) is 0 Å². The van der Waals surface area contributed by atoms with Gasteiger partial charge in [-0.2, -0.15) is 0 Å². The summed E-state index contributed by atoms with van der Waals surface area (Å²) < 4.78 is 14.9. The summed E-state index contributed by atoms with van der Waals surface area (Å²) in [4.78, 5) is 25.7. The number of hydrogen-bond donors (Lipinski definition) is 0. The molecule has 36 heavy (non-hydrogen) atoms. The molecule has 7 nitrogen and oxygen atoms in total. The van der Waals surface area contributed by atoms with Gasteiger partial charge in [0.1, 0.15) is 20.8 Å². The SMILES string of the molecule is Cc1c(C=O)sc2c(N3CCOCC3)nc(Br)cc12.Cc1csc2c(N3CCOCC3)nc(Br)cc12. The van der Waals surface area contributed by atoms with Crippen molar-refractivity contribution in [2.45, 2.75) is 13.8 Å². The molecule has 0 bridgehead atoms. The zero-order valence-electron chi connectivity index (χ0n) is 20.1. The van der Waals surface area contributed by atoms with Crippen molar-refractivity contribution in [3.05, 3.63) is 42.7 Å². The molecule has 6 rings (SSSR count). The fourth-order valence-electron chi connectivity index (χ4n) is 4.39. The quantitative estimate of drug-likeness (QED) is 0.192. The maximum Gasteiger partial charge on any atom is 0.160 e. The number of aromatic nitrogens is 2. The van der Waals surface area contributed by atoms with Crippen LogP contribution < -0.4 is 9.80 Å². The second-order valence-electron chi connectivity index (χ2n) is 8.62. The summed E-state index contributed by atoms with van der Waals surface area (Å²) in [5, 5.41) is 4.61. The molecule has 0 amide bonds. The number of ether oxygens (including phenoxy) is 2. The molecule has 190 valence electrons. The predicted molar refractivity (Wildman–Crippen MR) is 156 cm³/mol. The van der Waals surface area contributed by atoms with Gasteiger partial charge in [0.05, 0.1) is 40.7 Å². The molecule has 0 aromatic carbocycles. The number of hydrogen-bond acceptors (Lipinski definition) is 9. The molecular formula is C25H26Br2N4O3S2. The first-order valence-corrected chi connectivity index (χ1v) is 15.0. The van der Waals surface area contributed by atoms with Crippen molar-refractivity contribution in [3.8, 4) is 0 Å². The minimum atomic E-state index is 0.723. The Bertz CT molecular complexity index is 1400. The molecule has 0 spiro atoms. The first-order valence-electron chi connectivity index (χ1n) is 11.7. The van der Waals surface area contributed by atoms with Crippen molar-refractivity contribution in [1.82, 2.24) is 9.97 Å². The van der Waals surface area contributed by atoms with Crippen molar-refractivity contribution in [2.24, 2.45) is 0 Å². The molecule has 0 aliphatic carbocycles. The summed E-state index contributed by atoms with van der Waals surface area (Å²) in [6, 6.07) is 4.09. The third-order valence-electron chi connectivity index (χ3n) is 6.34. The lowest BCUT2D eigenvalue weighted by Crippen LogP contribution is -2.36. The normalized spacial score (nSPS) is 16.3. The minimum absolute atomic E-state index is 0.723. The molecule has 0 radical (unpaired) electrons. The van der Waals surface area contributed by atoms with Crippen LogP contribution in [-0.4, -0.2) is 68.9 Å². The number of carbonyl (C=O) groups is 1. The molecule has 0 unspecified atom stereocenters. The summed E-state index contributed by atoms with van der Waals surface area (Å²) in [6.45, 7) is 10.7. The Kier molecular flexibility index (Phi) is 8.24. The van der Waals surface area contributed by atoms with Gasteiger partial charge in [-0.3, -0.25) is 4.79 Å². The smallest absolute Gasteiger partial charge is 0.160 e. The molecule has 2 saturated heterocycles. The largest absolute Gasteiger partial charge is 0.378 e. The number of fused-ring (bicyclic) bond motifs is 2. The van der Waals surface area contributed by atoms with E-state index in [9.17, 15) is 4.79 Å². The third kappa shape index (κ3) is 5.32. The summed E-state index contributed by atoms with van der Waals surface area (Å²) in [7, 11) is 0. The highest BCUT2D eigenvalue weighted by atomic mass is 79.9. The number of nitrogens with zero attached hydrogens (tertiary/aromatic N) is 4. The van der Waals surface area contributed by atoms with Crippen molar-refractivity contribution >= 4 is 92.6 Å². The second-order valence-corrected chi connectivity index (χ2v) is 12.2. The van der Waals surface area contributed by atoms with Gasteiger partial charge in [0.25, 0.3) is 0 Å². The van der Waals surface area contributed by atoms with E-state index in [0.717, 1.165) is 100 Å². The van der Waals surface area contributed by atoms with Gasteiger partial charge in [-0.25, -0.2) is 9.97 Å². The Balaban J connectivity index is 0.000000149. The fraction of sp³-hybridized carbons (Fsp3) is 0.400. The van der Waals surface area contributed by atoms with Crippen molar-refractivity contribution in [2.75, 3.05) is 62.4 Å². The van der Waals surface area contributed by atoms with Gasteiger partial charge in [0.15, 0.2) is 6.29 Å². The first-order chi connectivity index (χ1) is 17.5. The zero-order chi connectivity index (χ0) is 25.2. The lowest BCUT2D eigenvalue weighted by molar-refractivity contribution is 0.112. The van der Waals surface area contributed by atoms with Crippen LogP contribution in [0.25, 0.3) is 20.2 Å². The van der Waals surface area contributed by atoms with Crippen LogP contribution in [0.1, 0.15) is 20.8 Å². The van der Waals surface area contributed by atoms with E-state index in [1.165, 1.54) is 27.0 Å². The van der Waals surface area contributed by atoms with Crippen LogP contribution in [0.2, 0.25) is 0 Å². The summed E-state index contributed by atoms with van der Waals surface area (Å²) in [6.07, 6.45) is 0.928. The fourth-order valence-corrected chi connectivity index (χ4v) is 7.35. The van der Waals surface area contributed by atoms with E-state index >= 15 is 0 Å².